The van der Waals surface area contributed by atoms with Crippen molar-refractivity contribution in [3.05, 3.63) is 12.4 Å². The van der Waals surface area contributed by atoms with E-state index in [1.54, 1.807) is 15.2 Å². The molecule has 6 nitrogen and oxygen atoms in total. The van der Waals surface area contributed by atoms with Crippen LogP contribution >= 0.6 is 0 Å². The van der Waals surface area contributed by atoms with Gasteiger partial charge < -0.3 is 5.32 Å². The molecule has 7 heteroatoms. The number of aromatic nitrogens is 2. The maximum Gasteiger partial charge on any atom is 0.246 e. The molecule has 1 saturated heterocycles. The van der Waals surface area contributed by atoms with Gasteiger partial charge in [-0.15, -0.1) is 0 Å². The van der Waals surface area contributed by atoms with E-state index in [9.17, 15) is 8.42 Å². The quantitative estimate of drug-likeness (QED) is 0.842. The van der Waals surface area contributed by atoms with Crippen molar-refractivity contribution in [1.82, 2.24) is 19.4 Å². The lowest BCUT2D eigenvalue weighted by atomic mass is 9.96. The Hall–Kier alpha value is -0.920. The highest BCUT2D eigenvalue weighted by molar-refractivity contribution is 7.89. The number of nitrogens with one attached hydrogen (secondary N) is 1. The van der Waals surface area contributed by atoms with Crippen molar-refractivity contribution in [3.8, 4) is 0 Å². The first-order valence-electron chi connectivity index (χ1n) is 7.12. The van der Waals surface area contributed by atoms with Gasteiger partial charge in [0.1, 0.15) is 4.90 Å². The summed E-state index contributed by atoms with van der Waals surface area (Å²) in [7, 11) is -1.52. The highest BCUT2D eigenvalue weighted by Crippen LogP contribution is 2.28. The topological polar surface area (TPSA) is 67.2 Å². The molecule has 0 saturated carbocycles. The molecule has 0 aliphatic carbocycles. The van der Waals surface area contributed by atoms with Gasteiger partial charge in [-0.25, -0.2) is 8.42 Å². The smallest absolute Gasteiger partial charge is 0.246 e. The zero-order chi connectivity index (χ0) is 14.8. The number of likely N-dealkylation sites (N-methyl/N-ethyl adjacent to an activating group) is 1. The third-order valence-corrected chi connectivity index (χ3v) is 5.79. The van der Waals surface area contributed by atoms with Gasteiger partial charge in [0.25, 0.3) is 0 Å². The summed E-state index contributed by atoms with van der Waals surface area (Å²) in [5.74, 6) is 0.984. The Balaban J connectivity index is 2.09. The lowest BCUT2D eigenvalue weighted by Gasteiger charge is -2.17. The van der Waals surface area contributed by atoms with Crippen LogP contribution in [0.25, 0.3) is 0 Å². The second kappa shape index (κ2) is 6.24. The van der Waals surface area contributed by atoms with Crippen molar-refractivity contribution in [3.63, 3.8) is 0 Å². The molecule has 1 atom stereocenters. The summed E-state index contributed by atoms with van der Waals surface area (Å²) in [6.07, 6.45) is 4.02. The highest BCUT2D eigenvalue weighted by Gasteiger charge is 2.34. The van der Waals surface area contributed by atoms with Gasteiger partial charge in [0, 0.05) is 25.8 Å². The fraction of sp³-hybridized carbons (Fsp3) is 0.769. The Kier molecular flexibility index (Phi) is 4.82. The highest BCUT2D eigenvalue weighted by atomic mass is 32.2. The van der Waals surface area contributed by atoms with Crippen LogP contribution in [0.15, 0.2) is 17.3 Å². The number of rotatable bonds is 6. The molecule has 0 spiro atoms. The summed E-state index contributed by atoms with van der Waals surface area (Å²) < 4.78 is 28.4. The van der Waals surface area contributed by atoms with Crippen molar-refractivity contribution in [2.75, 3.05) is 26.7 Å². The molecule has 114 valence electrons. The van der Waals surface area contributed by atoms with Crippen molar-refractivity contribution >= 4 is 10.0 Å². The monoisotopic (exact) mass is 300 g/mol. The van der Waals surface area contributed by atoms with Crippen molar-refractivity contribution in [2.24, 2.45) is 11.8 Å². The van der Waals surface area contributed by atoms with E-state index >= 15 is 0 Å². The first kappa shape index (κ1) is 15.5. The van der Waals surface area contributed by atoms with Crippen molar-refractivity contribution in [2.45, 2.75) is 31.7 Å². The number of nitrogens with zero attached hydrogens (tertiary/aromatic N) is 3. The summed E-state index contributed by atoms with van der Waals surface area (Å²) in [6.45, 7) is 6.97. The normalized spacial score (nSPS) is 20.9. The fourth-order valence-electron chi connectivity index (χ4n) is 2.49. The molecule has 0 radical (unpaired) electrons. The molecule has 20 heavy (non-hydrogen) atoms. The van der Waals surface area contributed by atoms with E-state index in [0.29, 0.717) is 36.4 Å². The second-order valence-corrected chi connectivity index (χ2v) is 7.64. The Morgan fingerprint density at radius 1 is 1.50 bits per heavy atom. The molecule has 1 aromatic heterocycles. The largest absolute Gasteiger partial charge is 0.318 e. The molecule has 1 aliphatic heterocycles. The summed E-state index contributed by atoms with van der Waals surface area (Å²) in [5.41, 5.74) is 0. The Bertz CT molecular complexity index is 538. The number of hydrogen-bond donors (Lipinski definition) is 1. The van der Waals surface area contributed by atoms with Crippen LogP contribution in [0, 0.1) is 11.8 Å². The lowest BCUT2D eigenvalue weighted by molar-refractivity contribution is 0.388. The molecule has 1 unspecified atom stereocenters. The van der Waals surface area contributed by atoms with Crippen LogP contribution in [0.4, 0.5) is 0 Å². The van der Waals surface area contributed by atoms with E-state index in [1.807, 2.05) is 7.05 Å². The van der Waals surface area contributed by atoms with Crippen molar-refractivity contribution < 1.29 is 8.42 Å². The van der Waals surface area contributed by atoms with Gasteiger partial charge in [-0.05, 0) is 25.3 Å². The maximum atomic E-state index is 12.5. The third-order valence-electron chi connectivity index (χ3n) is 3.97. The Morgan fingerprint density at radius 2 is 2.25 bits per heavy atom. The lowest BCUT2D eigenvalue weighted by Crippen LogP contribution is -2.29. The van der Waals surface area contributed by atoms with Gasteiger partial charge >= 0.3 is 0 Å². The van der Waals surface area contributed by atoms with Crippen molar-refractivity contribution in [1.29, 1.82) is 0 Å². The average Bonchev–Trinajstić information content (AvgIpc) is 3.05. The predicted molar refractivity (Wildman–Crippen MR) is 77.9 cm³/mol. The summed E-state index contributed by atoms with van der Waals surface area (Å²) in [6, 6.07) is 0. The molecular formula is C13H24N4O2S. The molecule has 1 N–H and O–H groups in total. The molecule has 1 fully saturated rings. The summed E-state index contributed by atoms with van der Waals surface area (Å²) >= 11 is 0. The molecule has 1 aliphatic rings. The first-order chi connectivity index (χ1) is 9.45. The van der Waals surface area contributed by atoms with Crippen LogP contribution in [0.1, 0.15) is 20.3 Å². The van der Waals surface area contributed by atoms with Gasteiger partial charge in [-0.1, -0.05) is 13.8 Å². The van der Waals surface area contributed by atoms with E-state index in [4.69, 9.17) is 0 Å². The zero-order valence-electron chi connectivity index (χ0n) is 12.4. The van der Waals surface area contributed by atoms with E-state index < -0.39 is 10.0 Å². The van der Waals surface area contributed by atoms with E-state index in [1.165, 1.54) is 6.20 Å². The minimum atomic E-state index is -3.38. The molecule has 1 aromatic rings. The van der Waals surface area contributed by atoms with Crippen LogP contribution in [0.5, 0.6) is 0 Å². The Labute approximate surface area is 121 Å². The van der Waals surface area contributed by atoms with Gasteiger partial charge in [0.05, 0.1) is 12.7 Å². The second-order valence-electron chi connectivity index (χ2n) is 5.70. The molecule has 2 heterocycles. The molecule has 0 aromatic carbocycles. The molecule has 2 rings (SSSR count). The maximum absolute atomic E-state index is 12.5. The minimum absolute atomic E-state index is 0.304. The molecular weight excluding hydrogens is 276 g/mol. The third kappa shape index (κ3) is 3.21. The minimum Gasteiger partial charge on any atom is -0.318 e. The van der Waals surface area contributed by atoms with Crippen LogP contribution in [0.2, 0.25) is 0 Å². The molecule has 0 bridgehead atoms. The standard InChI is InChI=1S/C13H24N4O2S/c1-11(2)12-4-6-17(9-12)20(18,19)13-8-15-16(10-13)7-5-14-3/h8,10-12,14H,4-7,9H2,1-3H3. The van der Waals surface area contributed by atoms with Gasteiger partial charge in [-0.3, -0.25) is 4.68 Å². The summed E-state index contributed by atoms with van der Waals surface area (Å²) in [5, 5.41) is 7.13. The van der Waals surface area contributed by atoms with Crippen LogP contribution < -0.4 is 5.32 Å². The average molecular weight is 300 g/mol. The Morgan fingerprint density at radius 3 is 2.85 bits per heavy atom. The van der Waals surface area contributed by atoms with E-state index in [0.717, 1.165) is 13.0 Å². The van der Waals surface area contributed by atoms with Gasteiger partial charge in [0.2, 0.25) is 10.0 Å². The molecule has 0 amide bonds. The number of hydrogen-bond acceptors (Lipinski definition) is 4. The van der Waals surface area contributed by atoms with E-state index in [2.05, 4.69) is 24.3 Å². The predicted octanol–water partition coefficient (Wildman–Crippen LogP) is 0.769. The summed E-state index contributed by atoms with van der Waals surface area (Å²) in [4.78, 5) is 0.304. The fourth-order valence-corrected chi connectivity index (χ4v) is 3.96. The van der Waals surface area contributed by atoms with Crippen LogP contribution in [0.3, 0.4) is 0 Å². The zero-order valence-corrected chi connectivity index (χ0v) is 13.2. The van der Waals surface area contributed by atoms with E-state index in [-0.39, 0.29) is 0 Å². The van der Waals surface area contributed by atoms with Crippen LogP contribution in [-0.4, -0.2) is 49.2 Å². The van der Waals surface area contributed by atoms with Gasteiger partial charge in [0.15, 0.2) is 0 Å². The van der Waals surface area contributed by atoms with Gasteiger partial charge in [-0.2, -0.15) is 9.40 Å². The van der Waals surface area contributed by atoms with Crippen LogP contribution in [-0.2, 0) is 16.6 Å². The first-order valence-corrected chi connectivity index (χ1v) is 8.56. The SMILES string of the molecule is CNCCn1cc(S(=O)(=O)N2CCC(C(C)C)C2)cn1. The number of sulfonamides is 1.